The average Bonchev–Trinajstić information content (AvgIpc) is 2.57. The zero-order valence-electron chi connectivity index (χ0n) is 12.5. The first-order valence-electron chi connectivity index (χ1n) is 6.89. The first-order chi connectivity index (χ1) is 11.1. The lowest BCUT2D eigenvalue weighted by atomic mass is 10.1. The van der Waals surface area contributed by atoms with Gasteiger partial charge in [0.15, 0.2) is 0 Å². The maximum atomic E-state index is 12.2. The van der Waals surface area contributed by atoms with E-state index in [9.17, 15) is 9.59 Å². The molecule has 0 bridgehead atoms. The Morgan fingerprint density at radius 2 is 2.17 bits per heavy atom. The molecule has 23 heavy (non-hydrogen) atoms. The van der Waals surface area contributed by atoms with E-state index in [1.165, 1.54) is 12.1 Å². The van der Waals surface area contributed by atoms with E-state index in [1.807, 2.05) is 6.92 Å². The Kier molecular flexibility index (Phi) is 5.55. The van der Waals surface area contributed by atoms with Gasteiger partial charge in [-0.15, -0.1) is 11.6 Å². The molecule has 0 aliphatic rings. The van der Waals surface area contributed by atoms with E-state index in [0.717, 1.165) is 5.56 Å². The molecule has 0 unspecified atom stereocenters. The van der Waals surface area contributed by atoms with Crippen molar-refractivity contribution in [3.05, 3.63) is 82.5 Å². The van der Waals surface area contributed by atoms with Crippen LogP contribution in [-0.2, 0) is 10.6 Å². The van der Waals surface area contributed by atoms with Crippen molar-refractivity contribution in [1.82, 2.24) is 0 Å². The van der Waals surface area contributed by atoms with Crippen molar-refractivity contribution < 1.29 is 13.9 Å². The summed E-state index contributed by atoms with van der Waals surface area (Å²) in [4.78, 5) is 24.1. The van der Waals surface area contributed by atoms with Gasteiger partial charge >= 0.3 is 11.6 Å². The monoisotopic (exact) mass is 330 g/mol. The van der Waals surface area contributed by atoms with E-state index in [4.69, 9.17) is 20.8 Å². The number of hydrogen-bond acceptors (Lipinski definition) is 4. The van der Waals surface area contributed by atoms with Crippen molar-refractivity contribution in [2.45, 2.75) is 12.8 Å². The van der Waals surface area contributed by atoms with E-state index in [2.05, 4.69) is 6.58 Å². The van der Waals surface area contributed by atoms with Gasteiger partial charge in [0, 0.05) is 11.3 Å². The predicted octanol–water partition coefficient (Wildman–Crippen LogP) is 4.33. The van der Waals surface area contributed by atoms with E-state index in [-0.39, 0.29) is 11.3 Å². The predicted molar refractivity (Wildman–Crippen MR) is 90.6 cm³/mol. The summed E-state index contributed by atoms with van der Waals surface area (Å²) < 4.78 is 10.3. The first kappa shape index (κ1) is 16.8. The lowest BCUT2D eigenvalue weighted by Crippen LogP contribution is -2.16. The molecule has 2 aromatic rings. The highest BCUT2D eigenvalue weighted by Crippen LogP contribution is 2.18. The van der Waals surface area contributed by atoms with Crippen LogP contribution >= 0.6 is 11.6 Å². The van der Waals surface area contributed by atoms with Crippen LogP contribution in [-0.4, -0.2) is 5.97 Å². The van der Waals surface area contributed by atoms with Gasteiger partial charge in [-0.05, 0) is 42.8 Å². The van der Waals surface area contributed by atoms with Gasteiger partial charge in [0.2, 0.25) is 0 Å². The number of allylic oxidation sites excluding steroid dienone is 4. The Morgan fingerprint density at radius 3 is 2.83 bits per heavy atom. The molecule has 0 amide bonds. The number of halogens is 1. The third kappa shape index (κ3) is 3.99. The number of benzene rings is 1. The average molecular weight is 331 g/mol. The first-order valence-corrected chi connectivity index (χ1v) is 7.43. The molecular weight excluding hydrogens is 316 g/mol. The van der Waals surface area contributed by atoms with Crippen LogP contribution in [0.3, 0.4) is 0 Å². The molecule has 1 aromatic heterocycles. The highest BCUT2D eigenvalue weighted by molar-refractivity contribution is 6.17. The number of carbonyl (C=O) groups excluding carboxylic acids is 1. The van der Waals surface area contributed by atoms with Crippen molar-refractivity contribution in [3.8, 4) is 0 Å². The van der Waals surface area contributed by atoms with Gasteiger partial charge in [0.1, 0.15) is 16.9 Å². The molecule has 0 aliphatic carbocycles. The molecule has 0 aliphatic heterocycles. The Morgan fingerprint density at radius 1 is 1.39 bits per heavy atom. The fourth-order valence-electron chi connectivity index (χ4n) is 1.90. The fraction of sp³-hybridized carbons (Fsp3) is 0.111. The summed E-state index contributed by atoms with van der Waals surface area (Å²) in [5.74, 6) is -0.239. The van der Waals surface area contributed by atoms with E-state index >= 15 is 0 Å². The molecule has 0 N–H and O–H groups in total. The lowest BCUT2D eigenvalue weighted by molar-refractivity contribution is 0.0633. The SMILES string of the molecule is C=CC(=CC=CC)OC(=O)c1cc2cc(CCl)ccc2oc1=O. The van der Waals surface area contributed by atoms with Gasteiger partial charge in [-0.2, -0.15) is 0 Å². The zero-order chi connectivity index (χ0) is 16.8. The van der Waals surface area contributed by atoms with Gasteiger partial charge in [-0.1, -0.05) is 24.8 Å². The van der Waals surface area contributed by atoms with Gasteiger partial charge in [-0.3, -0.25) is 0 Å². The van der Waals surface area contributed by atoms with Crippen LogP contribution in [0.15, 0.2) is 70.1 Å². The molecule has 0 saturated carbocycles. The molecule has 0 saturated heterocycles. The van der Waals surface area contributed by atoms with Crippen molar-refractivity contribution in [2.75, 3.05) is 0 Å². The highest BCUT2D eigenvalue weighted by atomic mass is 35.5. The quantitative estimate of drug-likeness (QED) is 0.269. The Labute approximate surface area is 138 Å². The minimum absolute atomic E-state index is 0.183. The number of carbonyl (C=O) groups is 1. The van der Waals surface area contributed by atoms with Crippen LogP contribution < -0.4 is 5.63 Å². The van der Waals surface area contributed by atoms with Gasteiger partial charge in [-0.25, -0.2) is 9.59 Å². The number of esters is 1. The van der Waals surface area contributed by atoms with E-state index < -0.39 is 11.6 Å². The summed E-state index contributed by atoms with van der Waals surface area (Å²) in [6.07, 6.45) is 6.42. The molecule has 118 valence electrons. The lowest BCUT2D eigenvalue weighted by Gasteiger charge is -2.05. The van der Waals surface area contributed by atoms with Crippen molar-refractivity contribution in [1.29, 1.82) is 0 Å². The number of ether oxygens (including phenoxy) is 1. The highest BCUT2D eigenvalue weighted by Gasteiger charge is 2.16. The summed E-state index contributed by atoms with van der Waals surface area (Å²) in [7, 11) is 0. The largest absolute Gasteiger partial charge is 0.423 e. The Bertz CT molecular complexity index is 859. The summed E-state index contributed by atoms with van der Waals surface area (Å²) >= 11 is 5.79. The minimum atomic E-state index is -0.799. The molecule has 1 heterocycles. The number of rotatable bonds is 5. The van der Waals surface area contributed by atoms with Crippen LogP contribution in [0, 0.1) is 0 Å². The van der Waals surface area contributed by atoms with Crippen LogP contribution in [0.25, 0.3) is 11.0 Å². The summed E-state index contributed by atoms with van der Waals surface area (Å²) in [6.45, 7) is 5.38. The third-order valence-corrected chi connectivity index (χ3v) is 3.34. The normalized spacial score (nSPS) is 11.8. The second kappa shape index (κ2) is 7.61. The van der Waals surface area contributed by atoms with Crippen LogP contribution in [0.2, 0.25) is 0 Å². The maximum absolute atomic E-state index is 12.2. The van der Waals surface area contributed by atoms with Crippen molar-refractivity contribution in [3.63, 3.8) is 0 Å². The van der Waals surface area contributed by atoms with Crippen LogP contribution in [0.1, 0.15) is 22.8 Å². The molecular formula is C18H15ClO4. The van der Waals surface area contributed by atoms with E-state index in [0.29, 0.717) is 16.8 Å². The summed E-state index contributed by atoms with van der Waals surface area (Å²) in [5, 5.41) is 0.604. The van der Waals surface area contributed by atoms with Crippen molar-refractivity contribution >= 4 is 28.5 Å². The molecule has 5 heteroatoms. The molecule has 0 atom stereocenters. The molecule has 2 rings (SSSR count). The second-order valence-electron chi connectivity index (χ2n) is 4.64. The topological polar surface area (TPSA) is 56.5 Å². The number of hydrogen-bond donors (Lipinski definition) is 0. The molecule has 0 fully saturated rings. The van der Waals surface area contributed by atoms with Gasteiger partial charge < -0.3 is 9.15 Å². The summed E-state index contributed by atoms with van der Waals surface area (Å²) in [5.41, 5.74) is 0.300. The molecule has 4 nitrogen and oxygen atoms in total. The summed E-state index contributed by atoms with van der Waals surface area (Å²) in [6, 6.07) is 6.60. The van der Waals surface area contributed by atoms with Gasteiger partial charge in [0.25, 0.3) is 0 Å². The van der Waals surface area contributed by atoms with Gasteiger partial charge in [0.05, 0.1) is 0 Å². The second-order valence-corrected chi connectivity index (χ2v) is 4.91. The van der Waals surface area contributed by atoms with Crippen LogP contribution in [0.5, 0.6) is 0 Å². The molecule has 1 aromatic carbocycles. The molecule has 0 spiro atoms. The van der Waals surface area contributed by atoms with Crippen LogP contribution in [0.4, 0.5) is 0 Å². The van der Waals surface area contributed by atoms with Crippen molar-refractivity contribution in [2.24, 2.45) is 0 Å². The standard InChI is InChI=1S/C18H15ClO4/c1-3-5-6-14(4-2)22-17(20)15-10-13-9-12(11-19)7-8-16(13)23-18(15)21/h3-10H,2,11H2,1H3. The fourth-order valence-corrected chi connectivity index (χ4v) is 2.06. The Hall–Kier alpha value is -2.59. The van der Waals surface area contributed by atoms with E-state index in [1.54, 1.807) is 36.4 Å². The molecule has 0 radical (unpaired) electrons. The number of alkyl halides is 1. The minimum Gasteiger partial charge on any atom is -0.423 e. The Balaban J connectivity index is 2.41. The maximum Gasteiger partial charge on any atom is 0.351 e. The number of fused-ring (bicyclic) bond motifs is 1. The third-order valence-electron chi connectivity index (χ3n) is 3.04. The zero-order valence-corrected chi connectivity index (χ0v) is 13.3. The smallest absolute Gasteiger partial charge is 0.351 e.